The predicted molar refractivity (Wildman–Crippen MR) is 69.7 cm³/mol. The van der Waals surface area contributed by atoms with Gasteiger partial charge in [-0.25, -0.2) is 4.39 Å². The number of halogens is 1. The van der Waals surface area contributed by atoms with Crippen LogP contribution < -0.4 is 5.32 Å². The fraction of sp³-hybridized carbons (Fsp3) is 0.143. The van der Waals surface area contributed by atoms with Gasteiger partial charge in [0.05, 0.1) is 0 Å². The van der Waals surface area contributed by atoms with Crippen molar-refractivity contribution in [2.75, 3.05) is 7.05 Å². The van der Waals surface area contributed by atoms with Crippen molar-refractivity contribution in [3.63, 3.8) is 0 Å². The minimum Gasteiger partial charge on any atom is -0.316 e. The van der Waals surface area contributed by atoms with Gasteiger partial charge in [0.25, 0.3) is 0 Å². The summed E-state index contributed by atoms with van der Waals surface area (Å²) in [5, 5.41) is 3.03. The molecule has 0 unspecified atom stereocenters. The molecule has 0 spiro atoms. The third-order valence-electron chi connectivity index (χ3n) is 2.29. The molecule has 0 saturated carbocycles. The van der Waals surface area contributed by atoms with Gasteiger partial charge in [0.2, 0.25) is 0 Å². The van der Waals surface area contributed by atoms with Crippen molar-refractivity contribution in [3.8, 4) is 0 Å². The quantitative estimate of drug-likeness (QED) is 0.884. The van der Waals surface area contributed by atoms with E-state index in [0.29, 0.717) is 6.54 Å². The van der Waals surface area contributed by atoms with Crippen molar-refractivity contribution in [1.82, 2.24) is 5.32 Å². The maximum Gasteiger partial charge on any atom is 0.124 e. The molecular formula is C14H14FNS. The van der Waals surface area contributed by atoms with E-state index < -0.39 is 0 Å². The zero-order chi connectivity index (χ0) is 12.1. The van der Waals surface area contributed by atoms with Gasteiger partial charge < -0.3 is 5.32 Å². The van der Waals surface area contributed by atoms with E-state index in [1.54, 1.807) is 23.9 Å². The van der Waals surface area contributed by atoms with E-state index in [9.17, 15) is 4.39 Å². The van der Waals surface area contributed by atoms with Crippen LogP contribution in [0.2, 0.25) is 0 Å². The second-order valence-corrected chi connectivity index (χ2v) is 4.89. The lowest BCUT2D eigenvalue weighted by atomic mass is 10.2. The van der Waals surface area contributed by atoms with Crippen LogP contribution in [0.15, 0.2) is 58.3 Å². The van der Waals surface area contributed by atoms with Crippen molar-refractivity contribution >= 4 is 11.8 Å². The van der Waals surface area contributed by atoms with Crippen LogP contribution in [0.1, 0.15) is 5.56 Å². The summed E-state index contributed by atoms with van der Waals surface area (Å²) in [5.41, 5.74) is 0.964. The summed E-state index contributed by atoms with van der Waals surface area (Å²) in [5.74, 6) is -0.184. The third-order valence-corrected chi connectivity index (χ3v) is 3.27. The molecule has 0 amide bonds. The Labute approximate surface area is 105 Å². The first-order chi connectivity index (χ1) is 8.28. The Morgan fingerprint density at radius 2 is 1.82 bits per heavy atom. The fourth-order valence-electron chi connectivity index (χ4n) is 1.61. The van der Waals surface area contributed by atoms with Crippen molar-refractivity contribution in [3.05, 3.63) is 59.9 Å². The predicted octanol–water partition coefficient (Wildman–Crippen LogP) is 3.70. The standard InChI is InChI=1S/C14H14FNS/c1-16-10-11-7-12(15)9-14(8-11)17-13-5-3-2-4-6-13/h2-9,16H,10H2,1H3. The van der Waals surface area contributed by atoms with Crippen LogP contribution in [0.3, 0.4) is 0 Å². The third kappa shape index (κ3) is 3.58. The first-order valence-electron chi connectivity index (χ1n) is 5.45. The van der Waals surface area contributed by atoms with Gasteiger partial charge >= 0.3 is 0 Å². The summed E-state index contributed by atoms with van der Waals surface area (Å²) in [7, 11) is 1.86. The summed E-state index contributed by atoms with van der Waals surface area (Å²) in [6.07, 6.45) is 0. The number of nitrogens with one attached hydrogen (secondary N) is 1. The Hall–Kier alpha value is -1.32. The molecule has 0 bridgehead atoms. The second kappa shape index (κ2) is 5.84. The van der Waals surface area contributed by atoms with Crippen LogP contribution in [0, 0.1) is 5.82 Å². The van der Waals surface area contributed by atoms with E-state index in [0.717, 1.165) is 15.4 Å². The van der Waals surface area contributed by atoms with Crippen molar-refractivity contribution in [2.45, 2.75) is 16.3 Å². The van der Waals surface area contributed by atoms with Crippen LogP contribution in [-0.4, -0.2) is 7.05 Å². The molecular weight excluding hydrogens is 233 g/mol. The summed E-state index contributed by atoms with van der Waals surface area (Å²) >= 11 is 1.57. The van der Waals surface area contributed by atoms with Crippen molar-refractivity contribution < 1.29 is 4.39 Å². The smallest absolute Gasteiger partial charge is 0.124 e. The minimum absolute atomic E-state index is 0.184. The van der Waals surface area contributed by atoms with Gasteiger partial charge in [-0.05, 0) is 42.9 Å². The SMILES string of the molecule is CNCc1cc(F)cc(Sc2ccccc2)c1. The normalized spacial score (nSPS) is 10.5. The highest BCUT2D eigenvalue weighted by Gasteiger charge is 2.02. The molecule has 1 N–H and O–H groups in total. The highest BCUT2D eigenvalue weighted by atomic mass is 32.2. The Kier molecular flexibility index (Phi) is 4.18. The van der Waals surface area contributed by atoms with Crippen LogP contribution in [0.5, 0.6) is 0 Å². The van der Waals surface area contributed by atoms with Gasteiger partial charge in [-0.3, -0.25) is 0 Å². The van der Waals surface area contributed by atoms with Gasteiger partial charge in [0, 0.05) is 16.3 Å². The van der Waals surface area contributed by atoms with Crippen molar-refractivity contribution in [2.24, 2.45) is 0 Å². The molecule has 0 aliphatic heterocycles. The maximum atomic E-state index is 13.4. The topological polar surface area (TPSA) is 12.0 Å². The van der Waals surface area contributed by atoms with Crippen LogP contribution in [-0.2, 0) is 6.54 Å². The van der Waals surface area contributed by atoms with E-state index in [4.69, 9.17) is 0 Å². The van der Waals surface area contributed by atoms with E-state index in [2.05, 4.69) is 5.32 Å². The molecule has 0 heterocycles. The number of hydrogen-bond acceptors (Lipinski definition) is 2. The molecule has 3 heteroatoms. The molecule has 0 saturated heterocycles. The minimum atomic E-state index is -0.184. The first-order valence-corrected chi connectivity index (χ1v) is 6.26. The molecule has 2 aromatic carbocycles. The molecule has 0 aliphatic rings. The first kappa shape index (κ1) is 12.1. The second-order valence-electron chi connectivity index (χ2n) is 3.74. The molecule has 2 aromatic rings. The zero-order valence-corrected chi connectivity index (χ0v) is 10.4. The number of hydrogen-bond donors (Lipinski definition) is 1. The zero-order valence-electron chi connectivity index (χ0n) is 9.61. The van der Waals surface area contributed by atoms with Gasteiger partial charge in [-0.2, -0.15) is 0 Å². The van der Waals surface area contributed by atoms with Gasteiger partial charge in [-0.15, -0.1) is 0 Å². The fourth-order valence-corrected chi connectivity index (χ4v) is 2.56. The monoisotopic (exact) mass is 247 g/mol. The lowest BCUT2D eigenvalue weighted by Crippen LogP contribution is -2.05. The van der Waals surface area contributed by atoms with Crippen LogP contribution in [0.25, 0.3) is 0 Å². The molecule has 0 aromatic heterocycles. The average Bonchev–Trinajstić information content (AvgIpc) is 2.30. The Morgan fingerprint density at radius 1 is 1.06 bits per heavy atom. The summed E-state index contributed by atoms with van der Waals surface area (Å²) in [6, 6.07) is 15.1. The van der Waals surface area contributed by atoms with Crippen molar-refractivity contribution in [1.29, 1.82) is 0 Å². The van der Waals surface area contributed by atoms with Crippen LogP contribution >= 0.6 is 11.8 Å². The number of benzene rings is 2. The maximum absolute atomic E-state index is 13.4. The van der Waals surface area contributed by atoms with Crippen LogP contribution in [0.4, 0.5) is 4.39 Å². The molecule has 0 radical (unpaired) electrons. The molecule has 17 heavy (non-hydrogen) atoms. The van der Waals surface area contributed by atoms with Gasteiger partial charge in [0.15, 0.2) is 0 Å². The average molecular weight is 247 g/mol. The van der Waals surface area contributed by atoms with Gasteiger partial charge in [0.1, 0.15) is 5.82 Å². The largest absolute Gasteiger partial charge is 0.316 e. The van der Waals surface area contributed by atoms with E-state index in [1.807, 2.05) is 43.4 Å². The lowest BCUT2D eigenvalue weighted by Gasteiger charge is -2.05. The molecule has 1 nitrogen and oxygen atoms in total. The van der Waals surface area contributed by atoms with E-state index in [-0.39, 0.29) is 5.82 Å². The molecule has 0 aliphatic carbocycles. The Balaban J connectivity index is 2.21. The van der Waals surface area contributed by atoms with E-state index >= 15 is 0 Å². The number of rotatable bonds is 4. The van der Waals surface area contributed by atoms with E-state index in [1.165, 1.54) is 0 Å². The summed E-state index contributed by atoms with van der Waals surface area (Å²) in [6.45, 7) is 0.681. The Morgan fingerprint density at radius 3 is 2.53 bits per heavy atom. The molecule has 0 fully saturated rings. The Bertz CT molecular complexity index is 485. The molecule has 0 atom stereocenters. The highest BCUT2D eigenvalue weighted by Crippen LogP contribution is 2.28. The molecule has 2 rings (SSSR count). The summed E-state index contributed by atoms with van der Waals surface area (Å²) < 4.78 is 13.4. The highest BCUT2D eigenvalue weighted by molar-refractivity contribution is 7.99. The summed E-state index contributed by atoms with van der Waals surface area (Å²) in [4.78, 5) is 2.05. The lowest BCUT2D eigenvalue weighted by molar-refractivity contribution is 0.619. The molecule has 88 valence electrons. The van der Waals surface area contributed by atoms with Gasteiger partial charge in [-0.1, -0.05) is 30.0 Å².